The molecule has 1 N–H and O–H groups in total. The smallest absolute Gasteiger partial charge is 0.256 e. The fraction of sp³-hybridized carbons (Fsp3) is 0.238. The summed E-state index contributed by atoms with van der Waals surface area (Å²) in [6.45, 7) is 2.70. The Morgan fingerprint density at radius 1 is 1.28 bits per heavy atom. The molecule has 29 heavy (non-hydrogen) atoms. The van der Waals surface area contributed by atoms with Crippen LogP contribution in [0.25, 0.3) is 10.9 Å². The summed E-state index contributed by atoms with van der Waals surface area (Å²) in [4.78, 5) is 22.0. The van der Waals surface area contributed by atoms with E-state index in [1.807, 2.05) is 6.92 Å². The van der Waals surface area contributed by atoms with Gasteiger partial charge in [0.05, 0.1) is 22.9 Å². The molecule has 146 valence electrons. The highest BCUT2D eigenvalue weighted by molar-refractivity contribution is 5.95. The Bertz CT molecular complexity index is 1210. The van der Waals surface area contributed by atoms with E-state index < -0.39 is 6.04 Å². The second-order valence-electron chi connectivity index (χ2n) is 7.27. The first kappa shape index (κ1) is 17.5. The van der Waals surface area contributed by atoms with Crippen LogP contribution in [0.2, 0.25) is 0 Å². The number of fused-ring (bicyclic) bond motifs is 2. The Labute approximate surface area is 166 Å². The van der Waals surface area contributed by atoms with Crippen LogP contribution in [0.5, 0.6) is 0 Å². The minimum absolute atomic E-state index is 0.318. The maximum Gasteiger partial charge on any atom is 0.256 e. The van der Waals surface area contributed by atoms with Gasteiger partial charge in [0.15, 0.2) is 6.04 Å². The van der Waals surface area contributed by atoms with Crippen molar-refractivity contribution in [2.24, 2.45) is 0 Å². The summed E-state index contributed by atoms with van der Waals surface area (Å²) >= 11 is 0. The van der Waals surface area contributed by atoms with Crippen LogP contribution in [0.15, 0.2) is 49.1 Å². The third-order valence-corrected chi connectivity index (χ3v) is 5.22. The molecule has 1 unspecified atom stereocenters. The number of nitrogens with zero attached hydrogens (tertiary/aromatic N) is 5. The summed E-state index contributed by atoms with van der Waals surface area (Å²) in [5.41, 5.74) is 2.94. The SMILES string of the molecule is Cc1cc(F)c2cn(C(C(=O)Nc3ccccn3)c3ncn4c3CCC4)nc2c1. The van der Waals surface area contributed by atoms with Crippen molar-refractivity contribution in [3.05, 3.63) is 71.8 Å². The molecule has 4 heterocycles. The van der Waals surface area contributed by atoms with Crippen molar-refractivity contribution in [2.45, 2.75) is 32.4 Å². The number of imidazole rings is 1. The number of pyridine rings is 1. The quantitative estimate of drug-likeness (QED) is 0.580. The lowest BCUT2D eigenvalue weighted by atomic mass is 10.1. The molecule has 7 nitrogen and oxygen atoms in total. The first-order chi connectivity index (χ1) is 14.1. The normalized spacial score (nSPS) is 14.1. The summed E-state index contributed by atoms with van der Waals surface area (Å²) in [6, 6.07) is 7.74. The predicted molar refractivity (Wildman–Crippen MR) is 106 cm³/mol. The van der Waals surface area contributed by atoms with Gasteiger partial charge < -0.3 is 9.88 Å². The van der Waals surface area contributed by atoms with Crippen molar-refractivity contribution in [3.63, 3.8) is 0 Å². The average Bonchev–Trinajstić information content (AvgIpc) is 3.40. The number of rotatable bonds is 4. The predicted octanol–water partition coefficient (Wildman–Crippen LogP) is 3.25. The molecule has 0 spiro atoms. The van der Waals surface area contributed by atoms with Gasteiger partial charge in [-0.05, 0) is 49.6 Å². The van der Waals surface area contributed by atoms with Crippen molar-refractivity contribution in [2.75, 3.05) is 5.32 Å². The number of nitrogens with one attached hydrogen (secondary N) is 1. The minimum atomic E-state index is -0.821. The number of halogens is 1. The Balaban J connectivity index is 1.62. The molecule has 0 saturated carbocycles. The van der Waals surface area contributed by atoms with Crippen molar-refractivity contribution in [3.8, 4) is 0 Å². The third-order valence-electron chi connectivity index (χ3n) is 5.22. The van der Waals surface area contributed by atoms with Crippen LogP contribution in [-0.4, -0.2) is 30.2 Å². The van der Waals surface area contributed by atoms with Crippen LogP contribution in [0.4, 0.5) is 10.2 Å². The largest absolute Gasteiger partial charge is 0.334 e. The van der Waals surface area contributed by atoms with Crippen LogP contribution < -0.4 is 5.32 Å². The maximum atomic E-state index is 14.5. The molecule has 1 aliphatic heterocycles. The third kappa shape index (κ3) is 3.06. The van der Waals surface area contributed by atoms with Crippen LogP contribution in [-0.2, 0) is 17.8 Å². The topological polar surface area (TPSA) is 77.6 Å². The van der Waals surface area contributed by atoms with Gasteiger partial charge in [0.2, 0.25) is 0 Å². The van der Waals surface area contributed by atoms with Crippen molar-refractivity contribution < 1.29 is 9.18 Å². The molecule has 1 amide bonds. The molecule has 5 rings (SSSR count). The van der Waals surface area contributed by atoms with E-state index in [0.717, 1.165) is 30.6 Å². The van der Waals surface area contributed by atoms with Gasteiger partial charge in [0.25, 0.3) is 5.91 Å². The summed E-state index contributed by atoms with van der Waals surface area (Å²) in [5, 5.41) is 7.74. The van der Waals surface area contributed by atoms with E-state index >= 15 is 0 Å². The molecule has 1 aliphatic rings. The van der Waals surface area contributed by atoms with Gasteiger partial charge in [-0.3, -0.25) is 9.48 Å². The van der Waals surface area contributed by atoms with Gasteiger partial charge in [-0.1, -0.05) is 6.07 Å². The van der Waals surface area contributed by atoms with Gasteiger partial charge in [-0.15, -0.1) is 0 Å². The van der Waals surface area contributed by atoms with Crippen LogP contribution in [0.3, 0.4) is 0 Å². The lowest BCUT2D eigenvalue weighted by molar-refractivity contribution is -0.118. The summed E-state index contributed by atoms with van der Waals surface area (Å²) in [7, 11) is 0. The highest BCUT2D eigenvalue weighted by Gasteiger charge is 2.31. The van der Waals surface area contributed by atoms with E-state index in [1.54, 1.807) is 43.0 Å². The second kappa shape index (κ2) is 6.80. The number of carbonyl (C=O) groups is 1. The highest BCUT2D eigenvalue weighted by Crippen LogP contribution is 2.29. The summed E-state index contributed by atoms with van der Waals surface area (Å²) in [5.74, 6) is -0.232. The molecular weight excluding hydrogens is 371 g/mol. The molecule has 0 fully saturated rings. The maximum absolute atomic E-state index is 14.5. The molecule has 0 bridgehead atoms. The zero-order valence-electron chi connectivity index (χ0n) is 15.8. The molecule has 0 aliphatic carbocycles. The number of hydrogen-bond acceptors (Lipinski definition) is 4. The molecule has 1 aromatic carbocycles. The Morgan fingerprint density at radius 3 is 3.00 bits per heavy atom. The first-order valence-corrected chi connectivity index (χ1v) is 9.51. The number of anilines is 1. The van der Waals surface area contributed by atoms with Gasteiger partial charge in [-0.25, -0.2) is 14.4 Å². The van der Waals surface area contributed by atoms with Crippen LogP contribution >= 0.6 is 0 Å². The fourth-order valence-corrected chi connectivity index (χ4v) is 3.90. The number of hydrogen-bond donors (Lipinski definition) is 1. The van der Waals surface area contributed by atoms with Crippen molar-refractivity contribution >= 4 is 22.6 Å². The van der Waals surface area contributed by atoms with E-state index in [4.69, 9.17) is 0 Å². The zero-order valence-corrected chi connectivity index (χ0v) is 15.8. The van der Waals surface area contributed by atoms with Crippen molar-refractivity contribution in [1.29, 1.82) is 0 Å². The lowest BCUT2D eigenvalue weighted by Gasteiger charge is -2.16. The molecule has 3 aromatic heterocycles. The van der Waals surface area contributed by atoms with Crippen LogP contribution in [0, 0.1) is 12.7 Å². The highest BCUT2D eigenvalue weighted by atomic mass is 19.1. The average molecular weight is 390 g/mol. The zero-order chi connectivity index (χ0) is 20.0. The van der Waals surface area contributed by atoms with E-state index in [-0.39, 0.29) is 11.7 Å². The standard InChI is InChI=1S/C21H19FN6O/c1-13-9-15(22)14-11-28(26-16(14)10-13)20(19-17-5-4-8-27(17)12-24-19)21(29)25-18-6-2-3-7-23-18/h2-3,6-7,9-12,20H,4-5,8H2,1H3,(H,23,25,29). The van der Waals surface area contributed by atoms with E-state index in [2.05, 4.69) is 25.0 Å². The van der Waals surface area contributed by atoms with Gasteiger partial charge in [0.1, 0.15) is 11.6 Å². The summed E-state index contributed by atoms with van der Waals surface area (Å²) < 4.78 is 18.0. The van der Waals surface area contributed by atoms with E-state index in [1.165, 1.54) is 10.7 Å². The Kier molecular flexibility index (Phi) is 4.12. The molecule has 1 atom stereocenters. The number of aryl methyl sites for hydroxylation is 2. The summed E-state index contributed by atoms with van der Waals surface area (Å²) in [6.07, 6.45) is 6.80. The molecule has 0 saturated heterocycles. The van der Waals surface area contributed by atoms with Gasteiger partial charge in [0, 0.05) is 24.6 Å². The number of benzene rings is 1. The minimum Gasteiger partial charge on any atom is -0.334 e. The first-order valence-electron chi connectivity index (χ1n) is 9.51. The number of aromatic nitrogens is 5. The van der Waals surface area contributed by atoms with Gasteiger partial charge >= 0.3 is 0 Å². The number of amides is 1. The fourth-order valence-electron chi connectivity index (χ4n) is 3.90. The van der Waals surface area contributed by atoms with Gasteiger partial charge in [-0.2, -0.15) is 5.10 Å². The Morgan fingerprint density at radius 2 is 2.17 bits per heavy atom. The number of carbonyl (C=O) groups excluding carboxylic acids is 1. The van der Waals surface area contributed by atoms with E-state index in [9.17, 15) is 9.18 Å². The lowest BCUT2D eigenvalue weighted by Crippen LogP contribution is -2.29. The molecule has 8 heteroatoms. The Hall–Kier alpha value is -3.55. The molecule has 0 radical (unpaired) electrons. The van der Waals surface area contributed by atoms with Crippen molar-refractivity contribution in [1.82, 2.24) is 24.3 Å². The van der Waals surface area contributed by atoms with Crippen LogP contribution in [0.1, 0.15) is 29.4 Å². The molecule has 4 aromatic rings. The van der Waals surface area contributed by atoms with E-state index in [0.29, 0.717) is 22.4 Å². The second-order valence-corrected chi connectivity index (χ2v) is 7.27. The monoisotopic (exact) mass is 390 g/mol. The molecular formula is C21H19FN6O.